The Morgan fingerprint density at radius 1 is 1.58 bits per heavy atom. The Hall–Kier alpha value is -0.270. The van der Waals surface area contributed by atoms with Crippen molar-refractivity contribution in [2.24, 2.45) is 0 Å². The van der Waals surface area contributed by atoms with Crippen LogP contribution in [0.15, 0.2) is 12.1 Å². The van der Waals surface area contributed by atoms with E-state index in [1.807, 2.05) is 19.1 Å². The largest absolute Gasteiger partial charge is 0.192 e. The molecule has 1 aromatic carbocycles. The predicted molar refractivity (Wildman–Crippen MR) is 58.2 cm³/mol. The van der Waals surface area contributed by atoms with Crippen molar-refractivity contribution < 1.29 is 0 Å². The van der Waals surface area contributed by atoms with E-state index in [1.165, 1.54) is 0 Å². The monoisotopic (exact) mass is 291 g/mol. The highest BCUT2D eigenvalue weighted by atomic mass is 127. The van der Waals surface area contributed by atoms with Gasteiger partial charge in [0.1, 0.15) is 0 Å². The number of nitriles is 1. The number of halogens is 2. The smallest absolute Gasteiger partial charge is 0.0991 e. The van der Waals surface area contributed by atoms with Gasteiger partial charge in [0.2, 0.25) is 0 Å². The average molecular weight is 292 g/mol. The Labute approximate surface area is 90.5 Å². The van der Waals surface area contributed by atoms with Crippen LogP contribution in [0.5, 0.6) is 0 Å². The molecule has 0 saturated heterocycles. The molecule has 1 aromatic rings. The lowest BCUT2D eigenvalue weighted by Gasteiger charge is -2.04. The fourth-order valence-electron chi connectivity index (χ4n) is 1.00. The molecule has 0 aliphatic carbocycles. The molecule has 0 amide bonds. The summed E-state index contributed by atoms with van der Waals surface area (Å²) in [5.41, 5.74) is 2.84. The fourth-order valence-corrected chi connectivity index (χ4v) is 1.94. The van der Waals surface area contributed by atoms with Crippen molar-refractivity contribution in [3.05, 3.63) is 32.4 Å². The van der Waals surface area contributed by atoms with E-state index >= 15 is 0 Å². The molecule has 62 valence electrons. The molecular formula is C9H7ClIN. The maximum absolute atomic E-state index is 8.68. The summed E-state index contributed by atoms with van der Waals surface area (Å²) in [6.07, 6.45) is 0. The summed E-state index contributed by atoms with van der Waals surface area (Å²) in [4.78, 5) is 0. The minimum Gasteiger partial charge on any atom is -0.192 e. The molecule has 1 rings (SSSR count). The molecule has 0 aliphatic heterocycles. The third kappa shape index (κ3) is 1.90. The molecule has 0 aliphatic rings. The molecule has 12 heavy (non-hydrogen) atoms. The van der Waals surface area contributed by atoms with Gasteiger partial charge in [-0.2, -0.15) is 5.26 Å². The van der Waals surface area contributed by atoms with Crippen LogP contribution in [0.1, 0.15) is 16.7 Å². The zero-order valence-electron chi connectivity index (χ0n) is 6.56. The van der Waals surface area contributed by atoms with Crippen LogP contribution in [0, 0.1) is 21.8 Å². The summed E-state index contributed by atoms with van der Waals surface area (Å²) in [5, 5.41) is 8.68. The molecule has 0 fully saturated rings. The lowest BCUT2D eigenvalue weighted by molar-refractivity contribution is 1.28. The number of aryl methyl sites for hydroxylation is 1. The van der Waals surface area contributed by atoms with E-state index in [-0.39, 0.29) is 0 Å². The van der Waals surface area contributed by atoms with Gasteiger partial charge in [0.15, 0.2) is 0 Å². The van der Waals surface area contributed by atoms with Gasteiger partial charge >= 0.3 is 0 Å². The summed E-state index contributed by atoms with van der Waals surface area (Å²) in [5.74, 6) is 0.467. The van der Waals surface area contributed by atoms with Crippen molar-refractivity contribution in [1.29, 1.82) is 5.26 Å². The standard InChI is InChI=1S/C9H7ClIN/c1-6-2-7(5-12)3-8(4-10)9(6)11/h2-3H,4H2,1H3. The maximum Gasteiger partial charge on any atom is 0.0991 e. The molecule has 0 saturated carbocycles. The molecule has 0 unspecified atom stereocenters. The van der Waals surface area contributed by atoms with Crippen LogP contribution in [0.2, 0.25) is 0 Å². The normalized spacial score (nSPS) is 9.50. The van der Waals surface area contributed by atoms with Crippen LogP contribution in [-0.2, 0) is 5.88 Å². The summed E-state index contributed by atoms with van der Waals surface area (Å²) >= 11 is 7.96. The minimum absolute atomic E-state index is 0.467. The van der Waals surface area contributed by atoms with Crippen molar-refractivity contribution in [3.8, 4) is 6.07 Å². The van der Waals surface area contributed by atoms with E-state index in [0.717, 1.165) is 14.7 Å². The first-order valence-electron chi connectivity index (χ1n) is 3.44. The third-order valence-corrected chi connectivity index (χ3v) is 3.43. The summed E-state index contributed by atoms with van der Waals surface area (Å²) in [7, 11) is 0. The summed E-state index contributed by atoms with van der Waals surface area (Å²) in [6, 6.07) is 5.82. The van der Waals surface area contributed by atoms with Gasteiger partial charge in [-0.05, 0) is 52.8 Å². The lowest BCUT2D eigenvalue weighted by atomic mass is 10.1. The van der Waals surface area contributed by atoms with Gasteiger partial charge < -0.3 is 0 Å². The first-order valence-corrected chi connectivity index (χ1v) is 5.05. The number of benzene rings is 1. The highest BCUT2D eigenvalue weighted by molar-refractivity contribution is 14.1. The first-order chi connectivity index (χ1) is 5.69. The second-order valence-corrected chi connectivity index (χ2v) is 3.86. The zero-order valence-corrected chi connectivity index (χ0v) is 9.48. The first kappa shape index (κ1) is 9.82. The third-order valence-electron chi connectivity index (χ3n) is 1.60. The Morgan fingerprint density at radius 2 is 2.25 bits per heavy atom. The molecule has 0 spiro atoms. The molecule has 0 heterocycles. The molecular weight excluding hydrogens is 284 g/mol. The molecule has 0 radical (unpaired) electrons. The van der Waals surface area contributed by atoms with Gasteiger partial charge in [-0.15, -0.1) is 11.6 Å². The van der Waals surface area contributed by atoms with Crippen LogP contribution in [0.3, 0.4) is 0 Å². The van der Waals surface area contributed by atoms with Crippen molar-refractivity contribution >= 4 is 34.2 Å². The van der Waals surface area contributed by atoms with E-state index in [2.05, 4.69) is 28.7 Å². The highest BCUT2D eigenvalue weighted by Crippen LogP contribution is 2.20. The Bertz CT molecular complexity index is 341. The fraction of sp³-hybridized carbons (Fsp3) is 0.222. The quantitative estimate of drug-likeness (QED) is 0.576. The van der Waals surface area contributed by atoms with Crippen LogP contribution < -0.4 is 0 Å². The lowest BCUT2D eigenvalue weighted by Crippen LogP contribution is -1.90. The van der Waals surface area contributed by atoms with Gasteiger partial charge in [0, 0.05) is 9.45 Å². The number of hydrogen-bond acceptors (Lipinski definition) is 1. The van der Waals surface area contributed by atoms with Crippen LogP contribution in [0.25, 0.3) is 0 Å². The number of hydrogen-bond donors (Lipinski definition) is 0. The molecule has 3 heteroatoms. The number of alkyl halides is 1. The van der Waals surface area contributed by atoms with Crippen molar-refractivity contribution in [1.82, 2.24) is 0 Å². The molecule has 0 bridgehead atoms. The van der Waals surface area contributed by atoms with E-state index in [9.17, 15) is 0 Å². The van der Waals surface area contributed by atoms with E-state index in [0.29, 0.717) is 11.4 Å². The van der Waals surface area contributed by atoms with E-state index in [1.54, 1.807) is 0 Å². The minimum atomic E-state index is 0.467. The predicted octanol–water partition coefficient (Wildman–Crippen LogP) is 3.21. The van der Waals surface area contributed by atoms with E-state index in [4.69, 9.17) is 16.9 Å². The highest BCUT2D eigenvalue weighted by Gasteiger charge is 2.03. The van der Waals surface area contributed by atoms with Crippen molar-refractivity contribution in [3.63, 3.8) is 0 Å². The SMILES string of the molecule is Cc1cc(C#N)cc(CCl)c1I. The number of nitrogens with zero attached hydrogens (tertiary/aromatic N) is 1. The Balaban J connectivity index is 3.31. The van der Waals surface area contributed by atoms with Gasteiger partial charge in [0.25, 0.3) is 0 Å². The second-order valence-electron chi connectivity index (χ2n) is 2.51. The number of rotatable bonds is 1. The van der Waals surface area contributed by atoms with E-state index < -0.39 is 0 Å². The van der Waals surface area contributed by atoms with Gasteiger partial charge in [-0.3, -0.25) is 0 Å². The molecule has 0 N–H and O–H groups in total. The maximum atomic E-state index is 8.68. The van der Waals surface area contributed by atoms with Gasteiger partial charge in [-0.1, -0.05) is 0 Å². The summed E-state index contributed by atoms with van der Waals surface area (Å²) in [6.45, 7) is 1.98. The second kappa shape index (κ2) is 4.11. The van der Waals surface area contributed by atoms with Gasteiger partial charge in [-0.25, -0.2) is 0 Å². The topological polar surface area (TPSA) is 23.8 Å². The van der Waals surface area contributed by atoms with Crippen molar-refractivity contribution in [2.75, 3.05) is 0 Å². The summed E-state index contributed by atoms with van der Waals surface area (Å²) < 4.78 is 1.15. The van der Waals surface area contributed by atoms with Crippen LogP contribution >= 0.6 is 34.2 Å². The molecule has 0 aromatic heterocycles. The Morgan fingerprint density at radius 3 is 2.75 bits per heavy atom. The zero-order chi connectivity index (χ0) is 9.14. The molecule has 0 atom stereocenters. The van der Waals surface area contributed by atoms with Crippen LogP contribution in [0.4, 0.5) is 0 Å². The molecule has 1 nitrogen and oxygen atoms in total. The van der Waals surface area contributed by atoms with Crippen molar-refractivity contribution in [2.45, 2.75) is 12.8 Å². The van der Waals surface area contributed by atoms with Gasteiger partial charge in [0.05, 0.1) is 11.6 Å². The van der Waals surface area contributed by atoms with Crippen LogP contribution in [-0.4, -0.2) is 0 Å². The Kier molecular flexibility index (Phi) is 3.36. The average Bonchev–Trinajstić information content (AvgIpc) is 2.09.